The molecule has 0 aromatic carbocycles. The SMILES string of the molecule is CCCC1CCC(O)C(CC(O)CC)C1. The van der Waals surface area contributed by atoms with Crippen molar-refractivity contribution in [2.24, 2.45) is 11.8 Å². The van der Waals surface area contributed by atoms with Crippen molar-refractivity contribution in [1.29, 1.82) is 0 Å². The Bertz CT molecular complexity index is 170. The molecule has 0 radical (unpaired) electrons. The van der Waals surface area contributed by atoms with Crippen LogP contribution in [0.2, 0.25) is 0 Å². The van der Waals surface area contributed by atoms with Crippen molar-refractivity contribution >= 4 is 0 Å². The summed E-state index contributed by atoms with van der Waals surface area (Å²) in [5, 5.41) is 19.5. The maximum absolute atomic E-state index is 9.89. The summed E-state index contributed by atoms with van der Waals surface area (Å²) in [6, 6.07) is 0. The molecular formula is C13H26O2. The molecule has 1 aliphatic rings. The number of aliphatic hydroxyl groups is 2. The van der Waals surface area contributed by atoms with E-state index in [4.69, 9.17) is 0 Å². The van der Waals surface area contributed by atoms with Gasteiger partial charge in [0, 0.05) is 0 Å². The molecule has 1 aliphatic carbocycles. The number of aliphatic hydroxyl groups excluding tert-OH is 2. The van der Waals surface area contributed by atoms with Crippen LogP contribution in [0, 0.1) is 11.8 Å². The van der Waals surface area contributed by atoms with E-state index in [0.29, 0.717) is 5.92 Å². The molecular weight excluding hydrogens is 188 g/mol. The molecule has 90 valence electrons. The Morgan fingerprint density at radius 3 is 2.60 bits per heavy atom. The van der Waals surface area contributed by atoms with Crippen LogP contribution in [-0.4, -0.2) is 22.4 Å². The van der Waals surface area contributed by atoms with Crippen LogP contribution in [0.4, 0.5) is 0 Å². The molecule has 2 N–H and O–H groups in total. The Labute approximate surface area is 93.7 Å². The Balaban J connectivity index is 2.39. The average molecular weight is 214 g/mol. The third-order valence-corrected chi connectivity index (χ3v) is 3.79. The molecule has 0 bridgehead atoms. The molecule has 2 heteroatoms. The van der Waals surface area contributed by atoms with Gasteiger partial charge in [0.25, 0.3) is 0 Å². The molecule has 0 amide bonds. The highest BCUT2D eigenvalue weighted by Gasteiger charge is 2.29. The maximum Gasteiger partial charge on any atom is 0.0569 e. The van der Waals surface area contributed by atoms with Crippen LogP contribution < -0.4 is 0 Å². The van der Waals surface area contributed by atoms with Gasteiger partial charge in [-0.1, -0.05) is 26.7 Å². The van der Waals surface area contributed by atoms with Gasteiger partial charge in [-0.05, 0) is 43.9 Å². The summed E-state index contributed by atoms with van der Waals surface area (Å²) in [6.07, 6.45) is 6.96. The average Bonchev–Trinajstić information content (AvgIpc) is 2.23. The van der Waals surface area contributed by atoms with E-state index in [1.54, 1.807) is 0 Å². The first-order chi connectivity index (χ1) is 7.17. The van der Waals surface area contributed by atoms with Gasteiger partial charge < -0.3 is 10.2 Å². The summed E-state index contributed by atoms with van der Waals surface area (Å²) in [4.78, 5) is 0. The van der Waals surface area contributed by atoms with E-state index in [2.05, 4.69) is 6.92 Å². The van der Waals surface area contributed by atoms with Crippen LogP contribution in [0.3, 0.4) is 0 Å². The number of rotatable bonds is 5. The minimum atomic E-state index is -0.218. The minimum Gasteiger partial charge on any atom is -0.393 e. The fourth-order valence-corrected chi connectivity index (χ4v) is 2.79. The highest BCUT2D eigenvalue weighted by molar-refractivity contribution is 4.81. The molecule has 4 atom stereocenters. The molecule has 0 spiro atoms. The van der Waals surface area contributed by atoms with Crippen molar-refractivity contribution in [3.63, 3.8) is 0 Å². The van der Waals surface area contributed by atoms with Gasteiger partial charge in [0.2, 0.25) is 0 Å². The molecule has 15 heavy (non-hydrogen) atoms. The fourth-order valence-electron chi connectivity index (χ4n) is 2.79. The molecule has 0 aromatic heterocycles. The highest BCUT2D eigenvalue weighted by Crippen LogP contribution is 2.34. The minimum absolute atomic E-state index is 0.167. The molecule has 0 aliphatic heterocycles. The van der Waals surface area contributed by atoms with Crippen molar-refractivity contribution in [3.8, 4) is 0 Å². The topological polar surface area (TPSA) is 40.5 Å². The van der Waals surface area contributed by atoms with Gasteiger partial charge in [-0.2, -0.15) is 0 Å². The Kier molecular flexibility index (Phi) is 5.62. The summed E-state index contributed by atoms with van der Waals surface area (Å²) in [7, 11) is 0. The summed E-state index contributed by atoms with van der Waals surface area (Å²) in [6.45, 7) is 4.23. The summed E-state index contributed by atoms with van der Waals surface area (Å²) in [5.74, 6) is 1.12. The van der Waals surface area contributed by atoms with Gasteiger partial charge in [-0.15, -0.1) is 0 Å². The van der Waals surface area contributed by atoms with Crippen LogP contribution in [0.15, 0.2) is 0 Å². The molecule has 1 fully saturated rings. The van der Waals surface area contributed by atoms with Gasteiger partial charge in [-0.25, -0.2) is 0 Å². The van der Waals surface area contributed by atoms with E-state index in [1.807, 2.05) is 6.92 Å². The van der Waals surface area contributed by atoms with Crippen molar-refractivity contribution < 1.29 is 10.2 Å². The molecule has 1 saturated carbocycles. The van der Waals surface area contributed by atoms with E-state index in [0.717, 1.165) is 31.6 Å². The summed E-state index contributed by atoms with van der Waals surface area (Å²) < 4.78 is 0. The molecule has 2 nitrogen and oxygen atoms in total. The van der Waals surface area contributed by atoms with Gasteiger partial charge in [-0.3, -0.25) is 0 Å². The first kappa shape index (κ1) is 13.0. The fraction of sp³-hybridized carbons (Fsp3) is 1.00. The number of hydrogen-bond donors (Lipinski definition) is 2. The lowest BCUT2D eigenvalue weighted by Gasteiger charge is -2.34. The Morgan fingerprint density at radius 2 is 2.00 bits per heavy atom. The smallest absolute Gasteiger partial charge is 0.0569 e. The lowest BCUT2D eigenvalue weighted by Crippen LogP contribution is -2.31. The second-order valence-corrected chi connectivity index (χ2v) is 5.09. The third-order valence-electron chi connectivity index (χ3n) is 3.79. The highest BCUT2D eigenvalue weighted by atomic mass is 16.3. The van der Waals surface area contributed by atoms with Crippen LogP contribution in [0.25, 0.3) is 0 Å². The van der Waals surface area contributed by atoms with Gasteiger partial charge in [0.1, 0.15) is 0 Å². The standard InChI is InChI=1S/C13H26O2/c1-3-5-10-6-7-13(15)11(8-10)9-12(14)4-2/h10-15H,3-9H2,1-2H3. The van der Waals surface area contributed by atoms with E-state index in [1.165, 1.54) is 19.3 Å². The molecule has 1 rings (SSSR count). The van der Waals surface area contributed by atoms with Crippen molar-refractivity contribution in [2.75, 3.05) is 0 Å². The van der Waals surface area contributed by atoms with E-state index in [9.17, 15) is 10.2 Å². The predicted molar refractivity (Wildman–Crippen MR) is 62.7 cm³/mol. The zero-order valence-electron chi connectivity index (χ0n) is 10.2. The summed E-state index contributed by atoms with van der Waals surface area (Å²) in [5.41, 5.74) is 0. The monoisotopic (exact) mass is 214 g/mol. The van der Waals surface area contributed by atoms with Gasteiger partial charge in [0.15, 0.2) is 0 Å². The maximum atomic E-state index is 9.89. The van der Waals surface area contributed by atoms with Crippen molar-refractivity contribution in [1.82, 2.24) is 0 Å². The normalized spacial score (nSPS) is 34.0. The van der Waals surface area contributed by atoms with E-state index in [-0.39, 0.29) is 12.2 Å². The first-order valence-corrected chi connectivity index (χ1v) is 6.53. The van der Waals surface area contributed by atoms with Crippen LogP contribution >= 0.6 is 0 Å². The Hall–Kier alpha value is -0.0800. The van der Waals surface area contributed by atoms with Crippen molar-refractivity contribution in [2.45, 2.75) is 71.0 Å². The summed E-state index contributed by atoms with van der Waals surface area (Å²) >= 11 is 0. The molecule has 4 unspecified atom stereocenters. The second kappa shape index (κ2) is 6.49. The zero-order valence-corrected chi connectivity index (χ0v) is 10.2. The largest absolute Gasteiger partial charge is 0.393 e. The molecule has 0 aromatic rings. The lowest BCUT2D eigenvalue weighted by molar-refractivity contribution is 0.0148. The van der Waals surface area contributed by atoms with E-state index >= 15 is 0 Å². The molecule has 0 heterocycles. The third kappa shape index (κ3) is 4.12. The van der Waals surface area contributed by atoms with Gasteiger partial charge >= 0.3 is 0 Å². The van der Waals surface area contributed by atoms with Crippen LogP contribution in [0.5, 0.6) is 0 Å². The van der Waals surface area contributed by atoms with Crippen LogP contribution in [0.1, 0.15) is 58.8 Å². The van der Waals surface area contributed by atoms with Crippen LogP contribution in [-0.2, 0) is 0 Å². The van der Waals surface area contributed by atoms with Crippen molar-refractivity contribution in [3.05, 3.63) is 0 Å². The predicted octanol–water partition coefficient (Wildman–Crippen LogP) is 2.72. The van der Waals surface area contributed by atoms with E-state index < -0.39 is 0 Å². The first-order valence-electron chi connectivity index (χ1n) is 6.53. The second-order valence-electron chi connectivity index (χ2n) is 5.09. The quantitative estimate of drug-likeness (QED) is 0.738. The molecule has 0 saturated heterocycles. The zero-order chi connectivity index (χ0) is 11.3. The Morgan fingerprint density at radius 1 is 1.27 bits per heavy atom. The lowest BCUT2D eigenvalue weighted by atomic mass is 9.75. The van der Waals surface area contributed by atoms with Gasteiger partial charge in [0.05, 0.1) is 12.2 Å². The number of hydrogen-bond acceptors (Lipinski definition) is 2.